The minimum atomic E-state index is 0.249. The van der Waals surface area contributed by atoms with E-state index in [2.05, 4.69) is 10.3 Å². The van der Waals surface area contributed by atoms with E-state index in [0.29, 0.717) is 11.5 Å². The largest absolute Gasteiger partial charge is 0.508 e. The van der Waals surface area contributed by atoms with E-state index < -0.39 is 0 Å². The van der Waals surface area contributed by atoms with Gasteiger partial charge < -0.3 is 19.9 Å². The summed E-state index contributed by atoms with van der Waals surface area (Å²) < 4.78 is 10.7. The highest BCUT2D eigenvalue weighted by Crippen LogP contribution is 2.35. The molecule has 3 rings (SSSR count). The zero-order valence-corrected chi connectivity index (χ0v) is 13.3. The Morgan fingerprint density at radius 2 is 1.70 bits per heavy atom. The van der Waals surface area contributed by atoms with Crippen molar-refractivity contribution >= 4 is 22.3 Å². The Hall–Kier alpha value is -2.95. The number of phenolic OH excluding ortho intramolecular Hbond substituents is 1. The van der Waals surface area contributed by atoms with Crippen molar-refractivity contribution < 1.29 is 14.6 Å². The topological polar surface area (TPSA) is 63.6 Å². The second kappa shape index (κ2) is 6.04. The number of nitrogens with zero attached hydrogens (tertiary/aromatic N) is 1. The lowest BCUT2D eigenvalue weighted by Gasteiger charge is -2.14. The first-order valence-electron chi connectivity index (χ1n) is 7.19. The monoisotopic (exact) mass is 310 g/mol. The number of anilines is 2. The van der Waals surface area contributed by atoms with E-state index in [4.69, 9.17) is 9.47 Å². The van der Waals surface area contributed by atoms with Gasteiger partial charge in [-0.2, -0.15) is 0 Å². The van der Waals surface area contributed by atoms with Gasteiger partial charge in [0.15, 0.2) is 11.5 Å². The maximum absolute atomic E-state index is 9.53. The number of nitrogens with one attached hydrogen (secondary N) is 1. The van der Waals surface area contributed by atoms with Crippen LogP contribution in [0.5, 0.6) is 17.2 Å². The van der Waals surface area contributed by atoms with Crippen LogP contribution in [0.25, 0.3) is 10.9 Å². The zero-order valence-electron chi connectivity index (χ0n) is 13.3. The molecule has 0 unspecified atom stereocenters. The molecule has 1 aromatic heterocycles. The van der Waals surface area contributed by atoms with Gasteiger partial charge in [0.25, 0.3) is 0 Å². The minimum Gasteiger partial charge on any atom is -0.508 e. The molecule has 5 nitrogen and oxygen atoms in total. The molecule has 0 aliphatic rings. The molecule has 23 heavy (non-hydrogen) atoms. The quantitative estimate of drug-likeness (QED) is 0.713. The van der Waals surface area contributed by atoms with E-state index in [-0.39, 0.29) is 5.75 Å². The number of rotatable bonds is 4. The van der Waals surface area contributed by atoms with Gasteiger partial charge in [-0.05, 0) is 42.8 Å². The molecule has 2 N–H and O–H groups in total. The van der Waals surface area contributed by atoms with Gasteiger partial charge in [-0.3, -0.25) is 4.98 Å². The van der Waals surface area contributed by atoms with E-state index in [9.17, 15) is 5.11 Å². The molecule has 0 amide bonds. The van der Waals surface area contributed by atoms with Crippen molar-refractivity contribution in [3.63, 3.8) is 0 Å². The molecule has 2 aromatic carbocycles. The van der Waals surface area contributed by atoms with Crippen LogP contribution in [-0.2, 0) is 0 Å². The van der Waals surface area contributed by atoms with E-state index in [0.717, 1.165) is 27.8 Å². The van der Waals surface area contributed by atoms with Crippen molar-refractivity contribution in [3.8, 4) is 17.2 Å². The standard InChI is InChI=1S/C18H18N2O3/c1-11-8-12(21)4-5-14(11)20-15-6-7-19-16-10-18(23-3)17(22-2)9-13(15)16/h4-10,21H,1-3H3,(H,19,20). The lowest BCUT2D eigenvalue weighted by molar-refractivity contribution is 0.356. The molecule has 118 valence electrons. The Morgan fingerprint density at radius 1 is 0.957 bits per heavy atom. The summed E-state index contributed by atoms with van der Waals surface area (Å²) in [6.07, 6.45) is 1.74. The Labute approximate surface area is 134 Å². The molecule has 1 heterocycles. The van der Waals surface area contributed by atoms with Crippen LogP contribution in [0.3, 0.4) is 0 Å². The maximum atomic E-state index is 9.53. The summed E-state index contributed by atoms with van der Waals surface area (Å²) in [6, 6.07) is 10.9. The van der Waals surface area contributed by atoms with E-state index in [1.54, 1.807) is 32.5 Å². The Balaban J connectivity index is 2.10. The highest BCUT2D eigenvalue weighted by Gasteiger charge is 2.10. The zero-order chi connectivity index (χ0) is 16.4. The minimum absolute atomic E-state index is 0.249. The molecule has 0 saturated heterocycles. The Kier molecular flexibility index (Phi) is 3.93. The summed E-state index contributed by atoms with van der Waals surface area (Å²) in [4.78, 5) is 4.39. The first kappa shape index (κ1) is 15.0. The maximum Gasteiger partial charge on any atom is 0.162 e. The fraction of sp³-hybridized carbons (Fsp3) is 0.167. The highest BCUT2D eigenvalue weighted by atomic mass is 16.5. The third-order valence-electron chi connectivity index (χ3n) is 3.73. The van der Waals surface area contributed by atoms with Crippen LogP contribution in [0.15, 0.2) is 42.6 Å². The average Bonchev–Trinajstić information content (AvgIpc) is 2.56. The number of aryl methyl sites for hydroxylation is 1. The molecule has 0 saturated carbocycles. The number of hydrogen-bond acceptors (Lipinski definition) is 5. The van der Waals surface area contributed by atoms with Crippen LogP contribution in [-0.4, -0.2) is 24.3 Å². The molecular weight excluding hydrogens is 292 g/mol. The van der Waals surface area contributed by atoms with Gasteiger partial charge in [0.1, 0.15) is 5.75 Å². The molecule has 0 aliphatic heterocycles. The molecule has 0 fully saturated rings. The molecule has 0 atom stereocenters. The summed E-state index contributed by atoms with van der Waals surface area (Å²) in [5.74, 6) is 1.54. The number of pyridine rings is 1. The molecule has 0 aliphatic carbocycles. The Bertz CT molecular complexity index is 862. The van der Waals surface area contributed by atoms with Gasteiger partial charge in [-0.25, -0.2) is 0 Å². The van der Waals surface area contributed by atoms with Crippen molar-refractivity contribution in [1.29, 1.82) is 0 Å². The molecular formula is C18H18N2O3. The summed E-state index contributed by atoms with van der Waals surface area (Å²) in [5, 5.41) is 13.8. The first-order chi connectivity index (χ1) is 11.1. The van der Waals surface area contributed by atoms with Gasteiger partial charge in [0, 0.05) is 29.0 Å². The fourth-order valence-electron chi connectivity index (χ4n) is 2.51. The van der Waals surface area contributed by atoms with Crippen molar-refractivity contribution in [1.82, 2.24) is 4.98 Å². The smallest absolute Gasteiger partial charge is 0.162 e. The predicted octanol–water partition coefficient (Wildman–Crippen LogP) is 4.01. The number of ether oxygens (including phenoxy) is 2. The van der Waals surface area contributed by atoms with Gasteiger partial charge >= 0.3 is 0 Å². The van der Waals surface area contributed by atoms with Crippen LogP contribution in [0.4, 0.5) is 11.4 Å². The number of aromatic hydroxyl groups is 1. The molecule has 0 bridgehead atoms. The van der Waals surface area contributed by atoms with Crippen LogP contribution in [0, 0.1) is 6.92 Å². The lowest BCUT2D eigenvalue weighted by atomic mass is 10.1. The van der Waals surface area contributed by atoms with Crippen LogP contribution in [0.2, 0.25) is 0 Å². The van der Waals surface area contributed by atoms with Crippen molar-refractivity contribution in [2.24, 2.45) is 0 Å². The predicted molar refractivity (Wildman–Crippen MR) is 91.0 cm³/mol. The lowest BCUT2D eigenvalue weighted by Crippen LogP contribution is -1.96. The van der Waals surface area contributed by atoms with Gasteiger partial charge in [0.2, 0.25) is 0 Å². The number of fused-ring (bicyclic) bond motifs is 1. The van der Waals surface area contributed by atoms with Gasteiger partial charge in [0.05, 0.1) is 19.7 Å². The number of phenols is 1. The van der Waals surface area contributed by atoms with Crippen LogP contribution >= 0.6 is 0 Å². The van der Waals surface area contributed by atoms with Crippen molar-refractivity contribution in [3.05, 3.63) is 48.2 Å². The molecule has 3 aromatic rings. The normalized spacial score (nSPS) is 10.6. The van der Waals surface area contributed by atoms with Crippen LogP contribution in [0.1, 0.15) is 5.56 Å². The molecule has 5 heteroatoms. The highest BCUT2D eigenvalue weighted by molar-refractivity contribution is 5.95. The van der Waals surface area contributed by atoms with Crippen LogP contribution < -0.4 is 14.8 Å². The summed E-state index contributed by atoms with van der Waals surface area (Å²) >= 11 is 0. The van der Waals surface area contributed by atoms with E-state index in [1.807, 2.05) is 31.2 Å². The number of methoxy groups -OCH3 is 2. The second-order valence-electron chi connectivity index (χ2n) is 5.21. The molecule has 0 radical (unpaired) electrons. The van der Waals surface area contributed by atoms with E-state index in [1.165, 1.54) is 0 Å². The fourth-order valence-corrected chi connectivity index (χ4v) is 2.51. The summed E-state index contributed by atoms with van der Waals surface area (Å²) in [5.41, 5.74) is 3.59. The average molecular weight is 310 g/mol. The molecule has 0 spiro atoms. The summed E-state index contributed by atoms with van der Waals surface area (Å²) in [6.45, 7) is 1.94. The Morgan fingerprint density at radius 3 is 2.39 bits per heavy atom. The third kappa shape index (κ3) is 2.85. The summed E-state index contributed by atoms with van der Waals surface area (Å²) in [7, 11) is 3.21. The van der Waals surface area contributed by atoms with E-state index >= 15 is 0 Å². The second-order valence-corrected chi connectivity index (χ2v) is 5.21. The third-order valence-corrected chi connectivity index (χ3v) is 3.73. The number of benzene rings is 2. The van der Waals surface area contributed by atoms with Crippen molar-refractivity contribution in [2.45, 2.75) is 6.92 Å². The van der Waals surface area contributed by atoms with Gasteiger partial charge in [-0.1, -0.05) is 0 Å². The first-order valence-corrected chi connectivity index (χ1v) is 7.19. The van der Waals surface area contributed by atoms with Crippen molar-refractivity contribution in [2.75, 3.05) is 19.5 Å². The van der Waals surface area contributed by atoms with Gasteiger partial charge in [-0.15, -0.1) is 0 Å². The number of hydrogen-bond donors (Lipinski definition) is 2. The number of aromatic nitrogens is 1. The SMILES string of the molecule is COc1cc2nccc(Nc3ccc(O)cc3C)c2cc1OC.